The van der Waals surface area contributed by atoms with Crippen LogP contribution in [0.25, 0.3) is 0 Å². The lowest BCUT2D eigenvalue weighted by Crippen LogP contribution is -2.14. The van der Waals surface area contributed by atoms with Crippen LogP contribution in [0.15, 0.2) is 28.9 Å². The number of carbonyl (C=O) groups excluding carboxylic acids is 1. The van der Waals surface area contributed by atoms with E-state index in [2.05, 4.69) is 21.0 Å². The highest BCUT2D eigenvalue weighted by molar-refractivity contribution is 9.10. The summed E-state index contributed by atoms with van der Waals surface area (Å²) in [4.78, 5) is 12.5. The molecule has 0 fully saturated rings. The molecule has 2 aromatic rings. The fraction of sp³-hybridized carbons (Fsp3) is 0.231. The van der Waals surface area contributed by atoms with Crippen molar-refractivity contribution in [1.29, 1.82) is 0 Å². The minimum Gasteiger partial charge on any atom is -0.287 e. The molecule has 1 heterocycles. The Balaban J connectivity index is 2.53. The third-order valence-corrected chi connectivity index (χ3v) is 3.57. The van der Waals surface area contributed by atoms with E-state index in [4.69, 9.17) is 11.6 Å². The number of benzene rings is 1. The second-order valence-corrected chi connectivity index (χ2v) is 5.25. The van der Waals surface area contributed by atoms with Gasteiger partial charge < -0.3 is 0 Å². The number of hydrogen-bond acceptors (Lipinski definition) is 2. The van der Waals surface area contributed by atoms with E-state index in [1.54, 1.807) is 6.07 Å². The fourth-order valence-electron chi connectivity index (χ4n) is 1.80. The monoisotopic (exact) mass is 344 g/mol. The van der Waals surface area contributed by atoms with E-state index in [9.17, 15) is 9.18 Å². The summed E-state index contributed by atoms with van der Waals surface area (Å²) in [6.45, 7) is 2.52. The predicted molar refractivity (Wildman–Crippen MR) is 75.1 cm³/mol. The average molecular weight is 346 g/mol. The van der Waals surface area contributed by atoms with Crippen LogP contribution in [0, 0.1) is 5.82 Å². The van der Waals surface area contributed by atoms with Crippen LogP contribution in [0.3, 0.4) is 0 Å². The Bertz CT molecular complexity index is 607. The van der Waals surface area contributed by atoms with Gasteiger partial charge in [-0.2, -0.15) is 5.10 Å². The van der Waals surface area contributed by atoms with Crippen molar-refractivity contribution in [2.45, 2.75) is 19.9 Å². The number of nitrogens with zero attached hydrogens (tertiary/aromatic N) is 2. The molecule has 1 aromatic heterocycles. The van der Waals surface area contributed by atoms with Gasteiger partial charge in [0.05, 0.1) is 16.8 Å². The van der Waals surface area contributed by atoms with E-state index in [0.29, 0.717) is 11.0 Å². The van der Waals surface area contributed by atoms with Gasteiger partial charge >= 0.3 is 0 Å². The molecule has 1 aromatic carbocycles. The van der Waals surface area contributed by atoms with Crippen LogP contribution in [0.1, 0.15) is 29.4 Å². The predicted octanol–water partition coefficient (Wildman–Crippen LogP) is 4.08. The van der Waals surface area contributed by atoms with Crippen molar-refractivity contribution < 1.29 is 9.18 Å². The molecule has 3 nitrogen and oxygen atoms in total. The molecule has 0 saturated heterocycles. The number of carbonyl (C=O) groups is 1. The fourth-order valence-corrected chi connectivity index (χ4v) is 2.55. The summed E-state index contributed by atoms with van der Waals surface area (Å²) in [6.07, 6.45) is 2.20. The van der Waals surface area contributed by atoms with Gasteiger partial charge in [-0.15, -0.1) is 0 Å². The SMILES string of the molecule is CCCn1ncc(Cl)c1C(=O)c1c(F)cccc1Br. The van der Waals surface area contributed by atoms with Gasteiger partial charge in [-0.3, -0.25) is 9.48 Å². The lowest BCUT2D eigenvalue weighted by Gasteiger charge is -2.08. The lowest BCUT2D eigenvalue weighted by atomic mass is 10.1. The van der Waals surface area contributed by atoms with E-state index in [-0.39, 0.29) is 16.3 Å². The Morgan fingerprint density at radius 3 is 2.89 bits per heavy atom. The van der Waals surface area contributed by atoms with Crippen molar-refractivity contribution in [3.63, 3.8) is 0 Å². The minimum absolute atomic E-state index is 0.0257. The van der Waals surface area contributed by atoms with Crippen molar-refractivity contribution in [3.05, 3.63) is 51.0 Å². The van der Waals surface area contributed by atoms with Gasteiger partial charge in [0.25, 0.3) is 0 Å². The summed E-state index contributed by atoms with van der Waals surface area (Å²) < 4.78 is 15.7. The lowest BCUT2D eigenvalue weighted by molar-refractivity contribution is 0.102. The van der Waals surface area contributed by atoms with Crippen LogP contribution >= 0.6 is 27.5 Å². The highest BCUT2D eigenvalue weighted by Crippen LogP contribution is 2.26. The second kappa shape index (κ2) is 5.84. The van der Waals surface area contributed by atoms with Gasteiger partial charge in [-0.25, -0.2) is 4.39 Å². The molecule has 0 amide bonds. The summed E-state index contributed by atoms with van der Waals surface area (Å²) in [5.74, 6) is -1.05. The molecule has 0 aliphatic rings. The van der Waals surface area contributed by atoms with E-state index in [1.165, 1.54) is 23.0 Å². The molecule has 100 valence electrons. The number of ketones is 1. The Kier molecular flexibility index (Phi) is 4.37. The average Bonchev–Trinajstić information content (AvgIpc) is 2.70. The zero-order valence-corrected chi connectivity index (χ0v) is 12.5. The topological polar surface area (TPSA) is 34.9 Å². The number of halogens is 3. The molecule has 0 unspecified atom stereocenters. The Labute approximate surface area is 123 Å². The molecular formula is C13H11BrClFN2O. The van der Waals surface area contributed by atoms with Crippen LogP contribution in [-0.2, 0) is 6.54 Å². The first kappa shape index (κ1) is 14.2. The molecule has 0 spiro atoms. The summed E-state index contributed by atoms with van der Waals surface area (Å²) >= 11 is 9.18. The molecule has 19 heavy (non-hydrogen) atoms. The maximum atomic E-state index is 13.8. The Morgan fingerprint density at radius 1 is 1.53 bits per heavy atom. The van der Waals surface area contributed by atoms with Gasteiger partial charge in [0.15, 0.2) is 0 Å². The summed E-state index contributed by atoms with van der Waals surface area (Å²) in [5, 5.41) is 4.27. The molecule has 0 N–H and O–H groups in total. The second-order valence-electron chi connectivity index (χ2n) is 3.99. The van der Waals surface area contributed by atoms with E-state index in [0.717, 1.165) is 6.42 Å². The third kappa shape index (κ3) is 2.72. The molecule has 0 saturated carbocycles. The maximum absolute atomic E-state index is 13.8. The zero-order valence-electron chi connectivity index (χ0n) is 10.2. The molecular weight excluding hydrogens is 335 g/mol. The maximum Gasteiger partial charge on any atom is 0.216 e. The Morgan fingerprint density at radius 2 is 2.26 bits per heavy atom. The highest BCUT2D eigenvalue weighted by Gasteiger charge is 2.23. The van der Waals surface area contributed by atoms with E-state index in [1.807, 2.05) is 6.92 Å². The number of rotatable bonds is 4. The number of hydrogen-bond donors (Lipinski definition) is 0. The van der Waals surface area contributed by atoms with Crippen LogP contribution in [-0.4, -0.2) is 15.6 Å². The standard InChI is InChI=1S/C13H11BrClFN2O/c1-2-6-18-12(9(15)7-17-18)13(19)11-8(14)4-3-5-10(11)16/h3-5,7H,2,6H2,1H3. The van der Waals surface area contributed by atoms with Gasteiger partial charge in [-0.1, -0.05) is 24.6 Å². The molecule has 0 aliphatic carbocycles. The van der Waals surface area contributed by atoms with E-state index >= 15 is 0 Å². The van der Waals surface area contributed by atoms with Crippen molar-refractivity contribution in [2.24, 2.45) is 0 Å². The molecule has 0 bridgehead atoms. The van der Waals surface area contributed by atoms with Gasteiger partial charge in [0, 0.05) is 11.0 Å². The largest absolute Gasteiger partial charge is 0.287 e. The van der Waals surface area contributed by atoms with E-state index < -0.39 is 11.6 Å². The zero-order chi connectivity index (χ0) is 14.0. The third-order valence-electron chi connectivity index (χ3n) is 2.64. The van der Waals surface area contributed by atoms with Crippen LogP contribution in [0.4, 0.5) is 4.39 Å². The molecule has 6 heteroatoms. The van der Waals surface area contributed by atoms with Crippen molar-refractivity contribution in [1.82, 2.24) is 9.78 Å². The first-order valence-corrected chi connectivity index (χ1v) is 6.93. The highest BCUT2D eigenvalue weighted by atomic mass is 79.9. The van der Waals surface area contributed by atoms with Gasteiger partial charge in [-0.05, 0) is 34.5 Å². The minimum atomic E-state index is -0.584. The van der Waals surface area contributed by atoms with Crippen molar-refractivity contribution in [2.75, 3.05) is 0 Å². The molecule has 2 rings (SSSR count). The smallest absolute Gasteiger partial charge is 0.216 e. The first-order chi connectivity index (χ1) is 9.06. The summed E-state index contributed by atoms with van der Waals surface area (Å²) in [7, 11) is 0. The summed E-state index contributed by atoms with van der Waals surface area (Å²) in [6, 6.07) is 4.39. The molecule has 0 radical (unpaired) electrons. The quantitative estimate of drug-likeness (QED) is 0.783. The number of aromatic nitrogens is 2. The normalized spacial score (nSPS) is 10.7. The first-order valence-electron chi connectivity index (χ1n) is 5.76. The molecule has 0 atom stereocenters. The number of aryl methyl sites for hydroxylation is 1. The summed E-state index contributed by atoms with van der Waals surface area (Å²) in [5.41, 5.74) is 0.191. The van der Waals surface area contributed by atoms with Gasteiger partial charge in [0.2, 0.25) is 5.78 Å². The van der Waals surface area contributed by atoms with Crippen LogP contribution in [0.2, 0.25) is 5.02 Å². The van der Waals surface area contributed by atoms with Crippen molar-refractivity contribution in [3.8, 4) is 0 Å². The van der Waals surface area contributed by atoms with Crippen LogP contribution in [0.5, 0.6) is 0 Å². The Hall–Kier alpha value is -1.20. The van der Waals surface area contributed by atoms with Gasteiger partial charge in [0.1, 0.15) is 11.5 Å². The van der Waals surface area contributed by atoms with Crippen molar-refractivity contribution >= 4 is 33.3 Å². The van der Waals surface area contributed by atoms with Crippen LogP contribution < -0.4 is 0 Å². The molecule has 0 aliphatic heterocycles.